The number of carbonyl (C=O) groups is 2. The van der Waals surface area contributed by atoms with Crippen LogP contribution in [0.25, 0.3) is 0 Å². The van der Waals surface area contributed by atoms with Crippen LogP contribution in [0.3, 0.4) is 0 Å². The summed E-state index contributed by atoms with van der Waals surface area (Å²) in [6.45, 7) is 5.48. The molecule has 0 fully saturated rings. The van der Waals surface area contributed by atoms with E-state index in [4.69, 9.17) is 9.88 Å². The maximum atomic E-state index is 13.1. The average molecular weight is 561 g/mol. The number of Topliss-reactive ketones (excluding diaryl/α,β-unsaturated/α-hetero) is 1. The third-order valence-corrected chi connectivity index (χ3v) is 6.49. The van der Waals surface area contributed by atoms with Crippen molar-refractivity contribution in [3.63, 3.8) is 0 Å². The van der Waals surface area contributed by atoms with Crippen LogP contribution >= 0.6 is 15.9 Å². The minimum Gasteiger partial charge on any atom is -0.444 e. The van der Waals surface area contributed by atoms with Crippen LogP contribution in [0.5, 0.6) is 0 Å². The largest absolute Gasteiger partial charge is 0.444 e. The molecule has 11 heteroatoms. The van der Waals surface area contributed by atoms with E-state index in [-0.39, 0.29) is 23.6 Å². The number of amides is 1. The van der Waals surface area contributed by atoms with E-state index in [0.29, 0.717) is 26.7 Å². The molecule has 1 amide bonds. The van der Waals surface area contributed by atoms with E-state index in [1.165, 1.54) is 18.2 Å². The topological polar surface area (TPSA) is 107 Å². The van der Waals surface area contributed by atoms with Gasteiger partial charge in [-0.25, -0.2) is 27.1 Å². The molecule has 0 unspecified atom stereocenters. The van der Waals surface area contributed by atoms with Crippen molar-refractivity contribution in [2.24, 2.45) is 5.14 Å². The van der Waals surface area contributed by atoms with Crippen LogP contribution in [-0.2, 0) is 27.7 Å². The van der Waals surface area contributed by atoms with Crippen LogP contribution in [0.15, 0.2) is 45.8 Å². The standard InChI is InChI=1S/C23H27BrF2N2O5S/c1-14-9-15(5-8-20(14)34(27,31)32)10-19(29)16-6-7-18(24)17(11-16)12-28(13-21(25)26)22(30)33-23(2,3)4/h5-9,11,21H,10,12-13H2,1-4H3,(H2,27,31,32). The number of halogens is 3. The predicted octanol–water partition coefficient (Wildman–Crippen LogP) is 4.83. The summed E-state index contributed by atoms with van der Waals surface area (Å²) in [5.74, 6) is -0.269. The molecule has 0 aliphatic heterocycles. The molecule has 7 nitrogen and oxygen atoms in total. The number of benzene rings is 2. The summed E-state index contributed by atoms with van der Waals surface area (Å²) in [5, 5.41) is 5.17. The SMILES string of the molecule is Cc1cc(CC(=O)c2ccc(Br)c(CN(CC(F)F)C(=O)OC(C)(C)C)c2)ccc1S(N)(=O)=O. The number of ether oxygens (including phenoxy) is 1. The zero-order chi connectivity index (χ0) is 25.8. The second-order valence-electron chi connectivity index (χ2n) is 8.80. The highest BCUT2D eigenvalue weighted by molar-refractivity contribution is 9.10. The van der Waals surface area contributed by atoms with Gasteiger partial charge in [0.15, 0.2) is 5.78 Å². The van der Waals surface area contributed by atoms with Gasteiger partial charge in [-0.1, -0.05) is 34.1 Å². The third kappa shape index (κ3) is 8.14. The number of nitrogens with zero attached hydrogens (tertiary/aromatic N) is 1. The maximum absolute atomic E-state index is 13.1. The Hall–Kier alpha value is -2.37. The number of aryl methyl sites for hydroxylation is 1. The highest BCUT2D eigenvalue weighted by atomic mass is 79.9. The molecule has 0 aliphatic carbocycles. The summed E-state index contributed by atoms with van der Waals surface area (Å²) in [5.41, 5.74) is 0.922. The van der Waals surface area contributed by atoms with Crippen molar-refractivity contribution < 1.29 is 31.5 Å². The molecule has 34 heavy (non-hydrogen) atoms. The lowest BCUT2D eigenvalue weighted by molar-refractivity contribution is 0.00813. The van der Waals surface area contributed by atoms with Gasteiger partial charge in [-0.15, -0.1) is 0 Å². The fourth-order valence-corrected chi connectivity index (χ4v) is 4.34. The Labute approximate surface area is 206 Å². The summed E-state index contributed by atoms with van der Waals surface area (Å²) >= 11 is 3.34. The van der Waals surface area contributed by atoms with Crippen molar-refractivity contribution in [1.29, 1.82) is 0 Å². The highest BCUT2D eigenvalue weighted by Crippen LogP contribution is 2.24. The molecule has 0 heterocycles. The summed E-state index contributed by atoms with van der Waals surface area (Å²) < 4.78 is 55.1. The molecule has 186 valence electrons. The number of hydrogen-bond donors (Lipinski definition) is 1. The van der Waals surface area contributed by atoms with Crippen molar-refractivity contribution in [1.82, 2.24) is 4.90 Å². The summed E-state index contributed by atoms with van der Waals surface area (Å²) in [4.78, 5) is 26.2. The molecule has 0 bridgehead atoms. The minimum atomic E-state index is -3.87. The Morgan fingerprint density at radius 2 is 1.79 bits per heavy atom. The Kier molecular flexibility index (Phi) is 8.95. The smallest absolute Gasteiger partial charge is 0.410 e. The highest BCUT2D eigenvalue weighted by Gasteiger charge is 2.25. The predicted molar refractivity (Wildman–Crippen MR) is 127 cm³/mol. The van der Waals surface area contributed by atoms with Crippen molar-refractivity contribution in [2.45, 2.75) is 57.6 Å². The maximum Gasteiger partial charge on any atom is 0.410 e. The van der Waals surface area contributed by atoms with E-state index in [1.54, 1.807) is 45.9 Å². The van der Waals surface area contributed by atoms with E-state index >= 15 is 0 Å². The van der Waals surface area contributed by atoms with Gasteiger partial charge in [0.2, 0.25) is 10.0 Å². The van der Waals surface area contributed by atoms with Gasteiger partial charge in [-0.2, -0.15) is 0 Å². The lowest BCUT2D eigenvalue weighted by atomic mass is 10.00. The van der Waals surface area contributed by atoms with Crippen LogP contribution in [0.1, 0.15) is 47.8 Å². The molecule has 0 aliphatic rings. The second kappa shape index (κ2) is 10.9. The monoisotopic (exact) mass is 560 g/mol. The summed E-state index contributed by atoms with van der Waals surface area (Å²) in [7, 11) is -3.87. The first-order chi connectivity index (χ1) is 15.6. The molecular formula is C23H27BrF2N2O5S. The van der Waals surface area contributed by atoms with E-state index in [1.807, 2.05) is 0 Å². The first-order valence-electron chi connectivity index (χ1n) is 10.3. The first kappa shape index (κ1) is 27.9. The Morgan fingerprint density at radius 1 is 1.15 bits per heavy atom. The molecule has 0 aromatic heterocycles. The van der Waals surface area contributed by atoms with Crippen LogP contribution in [-0.4, -0.2) is 43.8 Å². The lowest BCUT2D eigenvalue weighted by Gasteiger charge is -2.27. The molecule has 0 spiro atoms. The van der Waals surface area contributed by atoms with Crippen LogP contribution in [0.2, 0.25) is 0 Å². The molecule has 2 rings (SSSR count). The quantitative estimate of drug-likeness (QED) is 0.465. The number of alkyl halides is 2. The minimum absolute atomic E-state index is 0.0143. The number of carbonyl (C=O) groups excluding carboxylic acids is 2. The Bertz CT molecular complexity index is 1180. The van der Waals surface area contributed by atoms with Gasteiger partial charge in [0.05, 0.1) is 18.0 Å². The molecule has 0 saturated heterocycles. The molecule has 2 aromatic rings. The molecular weight excluding hydrogens is 534 g/mol. The number of ketones is 1. The van der Waals surface area contributed by atoms with E-state index in [2.05, 4.69) is 15.9 Å². The van der Waals surface area contributed by atoms with Gasteiger partial charge in [0, 0.05) is 16.5 Å². The van der Waals surface area contributed by atoms with Crippen molar-refractivity contribution in [3.05, 3.63) is 63.1 Å². The van der Waals surface area contributed by atoms with E-state index < -0.39 is 34.7 Å². The van der Waals surface area contributed by atoms with Crippen LogP contribution in [0, 0.1) is 6.92 Å². The summed E-state index contributed by atoms with van der Waals surface area (Å²) in [6, 6.07) is 9.14. The normalized spacial score (nSPS) is 12.0. The van der Waals surface area contributed by atoms with Crippen molar-refractivity contribution >= 4 is 37.8 Å². The molecule has 0 saturated carbocycles. The Balaban J connectivity index is 2.26. The van der Waals surface area contributed by atoms with Gasteiger partial charge in [-0.3, -0.25) is 9.69 Å². The Morgan fingerprint density at radius 3 is 2.32 bits per heavy atom. The molecule has 0 radical (unpaired) electrons. The fraction of sp³-hybridized carbons (Fsp3) is 0.391. The van der Waals surface area contributed by atoms with Gasteiger partial charge in [-0.05, 0) is 62.6 Å². The van der Waals surface area contributed by atoms with E-state index in [9.17, 15) is 26.8 Å². The second-order valence-corrected chi connectivity index (χ2v) is 11.2. The molecule has 2 N–H and O–H groups in total. The van der Waals surface area contributed by atoms with Crippen LogP contribution in [0.4, 0.5) is 13.6 Å². The number of rotatable bonds is 8. The molecule has 0 atom stereocenters. The zero-order valence-electron chi connectivity index (χ0n) is 19.3. The first-order valence-corrected chi connectivity index (χ1v) is 12.6. The van der Waals surface area contributed by atoms with Crippen molar-refractivity contribution in [2.75, 3.05) is 6.54 Å². The third-order valence-electron chi connectivity index (χ3n) is 4.65. The van der Waals surface area contributed by atoms with E-state index in [0.717, 1.165) is 4.90 Å². The number of hydrogen-bond acceptors (Lipinski definition) is 5. The van der Waals surface area contributed by atoms with Gasteiger partial charge >= 0.3 is 6.09 Å². The lowest BCUT2D eigenvalue weighted by Crippen LogP contribution is -2.39. The number of nitrogens with two attached hydrogens (primary N) is 1. The zero-order valence-corrected chi connectivity index (χ0v) is 21.7. The average Bonchev–Trinajstić information content (AvgIpc) is 2.66. The van der Waals surface area contributed by atoms with Gasteiger partial charge in [0.1, 0.15) is 5.60 Å². The molecule has 2 aromatic carbocycles. The van der Waals surface area contributed by atoms with Gasteiger partial charge in [0.25, 0.3) is 6.43 Å². The summed E-state index contributed by atoms with van der Waals surface area (Å²) in [6.07, 6.45) is -3.67. The van der Waals surface area contributed by atoms with Crippen molar-refractivity contribution in [3.8, 4) is 0 Å². The number of primary sulfonamides is 1. The fourth-order valence-electron chi connectivity index (χ4n) is 3.20. The number of sulfonamides is 1. The van der Waals surface area contributed by atoms with Gasteiger partial charge < -0.3 is 4.74 Å². The van der Waals surface area contributed by atoms with Crippen LogP contribution < -0.4 is 5.14 Å².